The van der Waals surface area contributed by atoms with E-state index in [-0.39, 0.29) is 11.7 Å². The van der Waals surface area contributed by atoms with Crippen LogP contribution in [-0.4, -0.2) is 47.8 Å². The van der Waals surface area contributed by atoms with Crippen molar-refractivity contribution in [1.82, 2.24) is 14.7 Å². The maximum Gasteiger partial charge on any atom is 0.289 e. The first-order valence-electron chi connectivity index (χ1n) is 12.6. The molecule has 38 heavy (non-hydrogen) atoms. The number of amides is 1. The van der Waals surface area contributed by atoms with Crippen molar-refractivity contribution >= 4 is 17.5 Å². The van der Waals surface area contributed by atoms with E-state index in [4.69, 9.17) is 16.0 Å². The third kappa shape index (κ3) is 8.28. The molecule has 0 fully saturated rings. The van der Waals surface area contributed by atoms with Gasteiger partial charge < -0.3 is 14.2 Å². The lowest BCUT2D eigenvalue weighted by Gasteiger charge is -2.24. The minimum Gasteiger partial charge on any atom is -0.455 e. The van der Waals surface area contributed by atoms with E-state index in [1.807, 2.05) is 85.7 Å². The average Bonchev–Trinajstić information content (AvgIpc) is 3.36. The molecule has 0 radical (unpaired) electrons. The van der Waals surface area contributed by atoms with Crippen molar-refractivity contribution in [3.05, 3.63) is 130 Å². The van der Waals surface area contributed by atoms with Crippen LogP contribution in [0.2, 0.25) is 5.02 Å². The number of rotatable bonds is 12. The van der Waals surface area contributed by atoms with E-state index in [9.17, 15) is 9.18 Å². The summed E-state index contributed by atoms with van der Waals surface area (Å²) in [5.74, 6) is 0.574. The predicted molar refractivity (Wildman–Crippen MR) is 149 cm³/mol. The Kier molecular flexibility index (Phi) is 9.71. The van der Waals surface area contributed by atoms with Crippen LogP contribution in [0.5, 0.6) is 0 Å². The van der Waals surface area contributed by atoms with Crippen LogP contribution in [0.3, 0.4) is 0 Å². The number of carbonyl (C=O) groups is 1. The summed E-state index contributed by atoms with van der Waals surface area (Å²) in [6.45, 7) is 3.43. The van der Waals surface area contributed by atoms with Crippen LogP contribution >= 0.6 is 11.6 Å². The van der Waals surface area contributed by atoms with Crippen LogP contribution < -0.4 is 0 Å². The molecule has 0 unspecified atom stereocenters. The summed E-state index contributed by atoms with van der Waals surface area (Å²) in [6, 6.07) is 27.8. The molecule has 0 saturated carbocycles. The van der Waals surface area contributed by atoms with Gasteiger partial charge >= 0.3 is 0 Å². The predicted octanol–water partition coefficient (Wildman–Crippen LogP) is 6.48. The number of halogens is 2. The molecule has 5 nitrogen and oxygen atoms in total. The molecule has 1 amide bonds. The molecular formula is C31H33ClFN3O2. The van der Waals surface area contributed by atoms with Gasteiger partial charge in [0.15, 0.2) is 5.76 Å². The fraction of sp³-hybridized carbons (Fsp3) is 0.258. The average molecular weight is 534 g/mol. The van der Waals surface area contributed by atoms with Gasteiger partial charge in [-0.2, -0.15) is 0 Å². The standard InChI is InChI=1S/C31H33ClFN3O2/c1-34(2)17-18-36(22-24-7-4-3-5-8-24)31(37)30-16-15-29(38-30)23-35(20-25-11-13-27(32)14-12-25)21-26-9-6-10-28(33)19-26/h3-16,19H,17-18,20-23H2,1-2H3. The van der Waals surface area contributed by atoms with Gasteiger partial charge in [0.2, 0.25) is 0 Å². The Hall–Kier alpha value is -3.45. The van der Waals surface area contributed by atoms with E-state index in [2.05, 4.69) is 9.80 Å². The molecular weight excluding hydrogens is 501 g/mol. The summed E-state index contributed by atoms with van der Waals surface area (Å²) in [5.41, 5.74) is 3.00. The van der Waals surface area contributed by atoms with Crippen molar-refractivity contribution in [2.45, 2.75) is 26.2 Å². The van der Waals surface area contributed by atoms with Crippen LogP contribution in [0.25, 0.3) is 0 Å². The molecule has 0 atom stereocenters. The van der Waals surface area contributed by atoms with Crippen molar-refractivity contribution in [3.63, 3.8) is 0 Å². The SMILES string of the molecule is CN(C)CCN(Cc1ccccc1)C(=O)c1ccc(CN(Cc2ccc(Cl)cc2)Cc2cccc(F)c2)o1. The highest BCUT2D eigenvalue weighted by Gasteiger charge is 2.21. The van der Waals surface area contributed by atoms with Gasteiger partial charge in [0.25, 0.3) is 5.91 Å². The van der Waals surface area contributed by atoms with Gasteiger partial charge in [0.05, 0.1) is 6.54 Å². The molecule has 198 valence electrons. The molecule has 7 heteroatoms. The Morgan fingerprint density at radius 2 is 1.45 bits per heavy atom. The monoisotopic (exact) mass is 533 g/mol. The van der Waals surface area contributed by atoms with Crippen molar-refractivity contribution in [1.29, 1.82) is 0 Å². The zero-order valence-electron chi connectivity index (χ0n) is 21.8. The number of hydrogen-bond donors (Lipinski definition) is 0. The van der Waals surface area contributed by atoms with Gasteiger partial charge in [-0.25, -0.2) is 4.39 Å². The van der Waals surface area contributed by atoms with E-state index < -0.39 is 0 Å². The lowest BCUT2D eigenvalue weighted by molar-refractivity contribution is 0.0695. The molecule has 0 bridgehead atoms. The fourth-order valence-corrected chi connectivity index (χ4v) is 4.37. The van der Waals surface area contributed by atoms with Crippen LogP contribution in [0, 0.1) is 5.82 Å². The summed E-state index contributed by atoms with van der Waals surface area (Å²) in [5, 5.41) is 0.675. The van der Waals surface area contributed by atoms with Gasteiger partial charge in [-0.3, -0.25) is 9.69 Å². The lowest BCUT2D eigenvalue weighted by atomic mass is 10.1. The highest BCUT2D eigenvalue weighted by atomic mass is 35.5. The first kappa shape index (κ1) is 27.6. The third-order valence-corrected chi connectivity index (χ3v) is 6.44. The van der Waals surface area contributed by atoms with Gasteiger partial charge in [-0.15, -0.1) is 0 Å². The summed E-state index contributed by atoms with van der Waals surface area (Å²) < 4.78 is 19.9. The molecule has 1 heterocycles. The number of likely N-dealkylation sites (N-methyl/N-ethyl adjacent to an activating group) is 1. The molecule has 1 aromatic heterocycles. The number of carbonyl (C=O) groups excluding carboxylic acids is 1. The minimum atomic E-state index is -0.268. The number of nitrogens with zero attached hydrogens (tertiary/aromatic N) is 3. The highest BCUT2D eigenvalue weighted by molar-refractivity contribution is 6.30. The van der Waals surface area contributed by atoms with E-state index in [0.29, 0.717) is 49.3 Å². The van der Waals surface area contributed by atoms with E-state index in [1.54, 1.807) is 12.1 Å². The molecule has 0 aliphatic carbocycles. The van der Waals surface area contributed by atoms with E-state index in [0.717, 1.165) is 23.2 Å². The first-order chi connectivity index (χ1) is 18.4. The molecule has 0 saturated heterocycles. The summed E-state index contributed by atoms with van der Waals surface area (Å²) in [7, 11) is 3.98. The molecule has 0 aliphatic heterocycles. The lowest BCUT2D eigenvalue weighted by Crippen LogP contribution is -2.36. The zero-order chi connectivity index (χ0) is 26.9. The Labute approximate surface area is 229 Å². The van der Waals surface area contributed by atoms with Crippen molar-refractivity contribution in [2.75, 3.05) is 27.2 Å². The third-order valence-electron chi connectivity index (χ3n) is 6.19. The number of benzene rings is 3. The molecule has 4 aromatic rings. The Morgan fingerprint density at radius 1 is 0.763 bits per heavy atom. The number of furan rings is 1. The second-order valence-electron chi connectivity index (χ2n) is 9.68. The van der Waals surface area contributed by atoms with Crippen LogP contribution in [0.15, 0.2) is 95.4 Å². The summed E-state index contributed by atoms with van der Waals surface area (Å²) >= 11 is 6.06. The molecule has 0 N–H and O–H groups in total. The molecule has 0 spiro atoms. The first-order valence-corrected chi connectivity index (χ1v) is 13.0. The largest absolute Gasteiger partial charge is 0.455 e. The van der Waals surface area contributed by atoms with Crippen molar-refractivity contribution < 1.29 is 13.6 Å². The summed E-state index contributed by atoms with van der Waals surface area (Å²) in [6.07, 6.45) is 0. The Balaban J connectivity index is 1.50. The van der Waals surface area contributed by atoms with Crippen LogP contribution in [0.4, 0.5) is 4.39 Å². The van der Waals surface area contributed by atoms with Crippen molar-refractivity contribution in [2.24, 2.45) is 0 Å². The fourth-order valence-electron chi connectivity index (χ4n) is 4.24. The second-order valence-corrected chi connectivity index (χ2v) is 10.1. The van der Waals surface area contributed by atoms with Crippen LogP contribution in [-0.2, 0) is 26.2 Å². The van der Waals surface area contributed by atoms with E-state index >= 15 is 0 Å². The van der Waals surface area contributed by atoms with Crippen molar-refractivity contribution in [3.8, 4) is 0 Å². The molecule has 3 aromatic carbocycles. The van der Waals surface area contributed by atoms with E-state index in [1.165, 1.54) is 12.1 Å². The smallest absolute Gasteiger partial charge is 0.289 e. The normalized spacial score (nSPS) is 11.3. The maximum atomic E-state index is 13.9. The number of hydrogen-bond acceptors (Lipinski definition) is 4. The Bertz CT molecular complexity index is 1310. The van der Waals surface area contributed by atoms with Gasteiger partial charge in [-0.1, -0.05) is 66.2 Å². The zero-order valence-corrected chi connectivity index (χ0v) is 22.6. The topological polar surface area (TPSA) is 39.9 Å². The minimum absolute atomic E-state index is 0.142. The van der Waals surface area contributed by atoms with Crippen LogP contribution in [0.1, 0.15) is 33.0 Å². The summed E-state index contributed by atoms with van der Waals surface area (Å²) in [4.78, 5) is 19.5. The molecule has 0 aliphatic rings. The van der Waals surface area contributed by atoms with Gasteiger partial charge in [-0.05, 0) is 67.2 Å². The quantitative estimate of drug-likeness (QED) is 0.209. The highest BCUT2D eigenvalue weighted by Crippen LogP contribution is 2.20. The molecule has 4 rings (SSSR count). The Morgan fingerprint density at radius 3 is 2.16 bits per heavy atom. The second kappa shape index (κ2) is 13.4. The van der Waals surface area contributed by atoms with Gasteiger partial charge in [0, 0.05) is 37.7 Å². The van der Waals surface area contributed by atoms with Gasteiger partial charge in [0.1, 0.15) is 11.6 Å². The maximum absolute atomic E-state index is 13.9.